The molecule has 0 unspecified atom stereocenters. The van der Waals surface area contributed by atoms with E-state index in [1.54, 1.807) is 0 Å². The highest BCUT2D eigenvalue weighted by molar-refractivity contribution is 7.89. The molecule has 0 spiro atoms. The third-order valence-corrected chi connectivity index (χ3v) is 5.71. The molecule has 0 aromatic heterocycles. The number of sulfonamides is 1. The van der Waals surface area contributed by atoms with E-state index in [2.05, 4.69) is 4.72 Å². The van der Waals surface area contributed by atoms with E-state index in [0.29, 0.717) is 11.4 Å². The van der Waals surface area contributed by atoms with Gasteiger partial charge in [-0.15, -0.1) is 0 Å². The van der Waals surface area contributed by atoms with Crippen molar-refractivity contribution in [3.8, 4) is 0 Å². The maximum absolute atomic E-state index is 12.3. The van der Waals surface area contributed by atoms with Crippen LogP contribution in [0, 0.1) is 0 Å². The zero-order valence-electron chi connectivity index (χ0n) is 11.9. The highest BCUT2D eigenvalue weighted by Gasteiger charge is 2.38. The smallest absolute Gasteiger partial charge is 0.212 e. The molecule has 0 saturated heterocycles. The fourth-order valence-electron chi connectivity index (χ4n) is 2.90. The highest BCUT2D eigenvalue weighted by atomic mass is 35.5. The molecule has 0 heterocycles. The molecule has 1 saturated carbocycles. The average Bonchev–Trinajstić information content (AvgIpc) is 2.85. The summed E-state index contributed by atoms with van der Waals surface area (Å²) in [6, 6.07) is 7.56. The third kappa shape index (κ3) is 3.74. The van der Waals surface area contributed by atoms with Crippen LogP contribution in [0.1, 0.15) is 51.0 Å². The van der Waals surface area contributed by atoms with Gasteiger partial charge in [0, 0.05) is 5.02 Å². The van der Waals surface area contributed by atoms with Crippen LogP contribution < -0.4 is 4.72 Å². The highest BCUT2D eigenvalue weighted by Crippen LogP contribution is 2.40. The minimum atomic E-state index is -3.24. The van der Waals surface area contributed by atoms with Crippen molar-refractivity contribution in [2.45, 2.75) is 51.0 Å². The van der Waals surface area contributed by atoms with E-state index in [1.165, 1.54) is 0 Å². The molecule has 20 heavy (non-hydrogen) atoms. The van der Waals surface area contributed by atoms with Gasteiger partial charge < -0.3 is 0 Å². The van der Waals surface area contributed by atoms with Gasteiger partial charge in [-0.2, -0.15) is 0 Å². The second kappa shape index (κ2) is 6.46. The molecule has 1 aromatic rings. The molecule has 1 aliphatic rings. The van der Waals surface area contributed by atoms with Crippen LogP contribution in [0.2, 0.25) is 5.02 Å². The van der Waals surface area contributed by atoms with Gasteiger partial charge in [0.15, 0.2) is 0 Å². The van der Waals surface area contributed by atoms with Crippen molar-refractivity contribution in [2.75, 3.05) is 5.75 Å². The Balaban J connectivity index is 2.27. The van der Waals surface area contributed by atoms with Gasteiger partial charge in [0.2, 0.25) is 10.0 Å². The Labute approximate surface area is 126 Å². The molecule has 0 bridgehead atoms. The fraction of sp³-hybridized carbons (Fsp3) is 0.600. The maximum atomic E-state index is 12.3. The Bertz CT molecular complexity index is 551. The Morgan fingerprint density at radius 3 is 2.60 bits per heavy atom. The minimum Gasteiger partial charge on any atom is -0.212 e. The summed E-state index contributed by atoms with van der Waals surface area (Å²) in [5.41, 5.74) is 0.528. The van der Waals surface area contributed by atoms with E-state index in [0.717, 1.165) is 37.7 Å². The van der Waals surface area contributed by atoms with Gasteiger partial charge in [-0.05, 0) is 37.0 Å². The lowest BCUT2D eigenvalue weighted by Gasteiger charge is -2.31. The largest absolute Gasteiger partial charge is 0.212 e. The SMILES string of the molecule is CCCCS(=O)(=O)NC1(c2cccc(Cl)c2)CCCC1. The van der Waals surface area contributed by atoms with E-state index in [4.69, 9.17) is 11.6 Å². The first-order valence-electron chi connectivity index (χ1n) is 7.25. The van der Waals surface area contributed by atoms with Crippen molar-refractivity contribution in [1.82, 2.24) is 4.72 Å². The summed E-state index contributed by atoms with van der Waals surface area (Å²) < 4.78 is 27.5. The number of rotatable bonds is 6. The molecule has 112 valence electrons. The number of halogens is 1. The predicted octanol–water partition coefficient (Wildman–Crippen LogP) is 3.83. The molecule has 1 fully saturated rings. The molecule has 1 aromatic carbocycles. The lowest BCUT2D eigenvalue weighted by atomic mass is 9.89. The molecule has 0 atom stereocenters. The van der Waals surface area contributed by atoms with E-state index in [-0.39, 0.29) is 5.75 Å². The topological polar surface area (TPSA) is 46.2 Å². The van der Waals surface area contributed by atoms with Gasteiger partial charge in [-0.25, -0.2) is 13.1 Å². The first-order chi connectivity index (χ1) is 9.47. The lowest BCUT2D eigenvalue weighted by molar-refractivity contribution is 0.404. The summed E-state index contributed by atoms with van der Waals surface area (Å²) >= 11 is 6.06. The zero-order chi connectivity index (χ0) is 14.6. The number of unbranched alkanes of at least 4 members (excludes halogenated alkanes) is 1. The monoisotopic (exact) mass is 315 g/mol. The summed E-state index contributed by atoms with van der Waals surface area (Å²) in [4.78, 5) is 0. The molecule has 0 amide bonds. The molecule has 0 radical (unpaired) electrons. The van der Waals surface area contributed by atoms with Crippen LogP contribution in [0.4, 0.5) is 0 Å². The van der Waals surface area contributed by atoms with Crippen LogP contribution >= 0.6 is 11.6 Å². The summed E-state index contributed by atoms with van der Waals surface area (Å²) in [6.07, 6.45) is 5.36. The molecule has 0 aliphatic heterocycles. The van der Waals surface area contributed by atoms with Crippen LogP contribution in [0.3, 0.4) is 0 Å². The average molecular weight is 316 g/mol. The van der Waals surface area contributed by atoms with Gasteiger partial charge in [0.1, 0.15) is 0 Å². The van der Waals surface area contributed by atoms with Gasteiger partial charge in [0.05, 0.1) is 11.3 Å². The van der Waals surface area contributed by atoms with Crippen LogP contribution in [-0.4, -0.2) is 14.2 Å². The summed E-state index contributed by atoms with van der Waals surface area (Å²) in [5.74, 6) is 0.200. The van der Waals surface area contributed by atoms with E-state index in [1.807, 2.05) is 31.2 Å². The molecule has 2 rings (SSSR count). The lowest BCUT2D eigenvalue weighted by Crippen LogP contribution is -2.44. The molecule has 5 heteroatoms. The Morgan fingerprint density at radius 1 is 1.30 bits per heavy atom. The van der Waals surface area contributed by atoms with Crippen LogP contribution in [-0.2, 0) is 15.6 Å². The maximum Gasteiger partial charge on any atom is 0.212 e. The normalized spacial score (nSPS) is 18.3. The molecule has 3 nitrogen and oxygen atoms in total. The van der Waals surface area contributed by atoms with Crippen LogP contribution in [0.5, 0.6) is 0 Å². The van der Waals surface area contributed by atoms with Gasteiger partial charge in [0.25, 0.3) is 0 Å². The standard InChI is InChI=1S/C15H22ClNO2S/c1-2-3-11-20(18,19)17-15(9-4-5-10-15)13-7-6-8-14(16)12-13/h6-8,12,17H,2-5,9-11H2,1H3. The van der Waals surface area contributed by atoms with Crippen molar-refractivity contribution >= 4 is 21.6 Å². The van der Waals surface area contributed by atoms with Gasteiger partial charge in [-0.3, -0.25) is 0 Å². The Hall–Kier alpha value is -0.580. The molecular formula is C15H22ClNO2S. The van der Waals surface area contributed by atoms with E-state index < -0.39 is 15.6 Å². The fourth-order valence-corrected chi connectivity index (χ4v) is 4.78. The first kappa shape index (κ1) is 15.8. The first-order valence-corrected chi connectivity index (χ1v) is 9.28. The van der Waals surface area contributed by atoms with Crippen LogP contribution in [0.25, 0.3) is 0 Å². The third-order valence-electron chi connectivity index (χ3n) is 3.95. The molecule has 1 N–H and O–H groups in total. The summed E-state index contributed by atoms with van der Waals surface area (Å²) in [7, 11) is -3.24. The zero-order valence-corrected chi connectivity index (χ0v) is 13.4. The number of benzene rings is 1. The van der Waals surface area contributed by atoms with Crippen molar-refractivity contribution < 1.29 is 8.42 Å². The van der Waals surface area contributed by atoms with Gasteiger partial charge in [-0.1, -0.05) is 49.9 Å². The minimum absolute atomic E-state index is 0.200. The van der Waals surface area contributed by atoms with Crippen molar-refractivity contribution in [3.05, 3.63) is 34.9 Å². The van der Waals surface area contributed by atoms with E-state index >= 15 is 0 Å². The van der Waals surface area contributed by atoms with E-state index in [9.17, 15) is 8.42 Å². The number of nitrogens with one attached hydrogen (secondary N) is 1. The Kier molecular flexibility index (Phi) is 5.10. The molecular weight excluding hydrogens is 294 g/mol. The quantitative estimate of drug-likeness (QED) is 0.867. The van der Waals surface area contributed by atoms with Crippen molar-refractivity contribution in [3.63, 3.8) is 0 Å². The molecule has 1 aliphatic carbocycles. The van der Waals surface area contributed by atoms with Crippen LogP contribution in [0.15, 0.2) is 24.3 Å². The predicted molar refractivity (Wildman–Crippen MR) is 83.4 cm³/mol. The summed E-state index contributed by atoms with van der Waals surface area (Å²) in [5, 5.41) is 0.654. The van der Waals surface area contributed by atoms with Crippen molar-refractivity contribution in [1.29, 1.82) is 0 Å². The second-order valence-electron chi connectivity index (χ2n) is 5.57. The van der Waals surface area contributed by atoms with Crippen molar-refractivity contribution in [2.24, 2.45) is 0 Å². The number of hydrogen-bond donors (Lipinski definition) is 1. The second-order valence-corrected chi connectivity index (χ2v) is 7.85. The number of hydrogen-bond acceptors (Lipinski definition) is 2. The Morgan fingerprint density at radius 2 is 2.00 bits per heavy atom. The summed E-state index contributed by atoms with van der Waals surface area (Å²) in [6.45, 7) is 2.00. The van der Waals surface area contributed by atoms with Gasteiger partial charge >= 0.3 is 0 Å².